The number of carboxylic acid groups (broad SMARTS) is 1. The van der Waals surface area contributed by atoms with E-state index in [1.165, 1.54) is 17.2 Å². The van der Waals surface area contributed by atoms with Gasteiger partial charge in [-0.1, -0.05) is 48.5 Å². The molecule has 3 aromatic carbocycles. The number of hydrogen-bond donors (Lipinski definition) is 1. The van der Waals surface area contributed by atoms with Crippen LogP contribution in [0.15, 0.2) is 107 Å². The fourth-order valence-corrected chi connectivity index (χ4v) is 6.00. The van der Waals surface area contributed by atoms with Crippen molar-refractivity contribution in [2.45, 2.75) is 30.2 Å². The molecule has 0 radical (unpaired) electrons. The molecule has 37 heavy (non-hydrogen) atoms. The van der Waals surface area contributed by atoms with Crippen LogP contribution in [0, 0.1) is 0 Å². The van der Waals surface area contributed by atoms with Gasteiger partial charge in [-0.3, -0.25) is 4.98 Å². The Kier molecular flexibility index (Phi) is 6.92. The third-order valence-electron chi connectivity index (χ3n) is 6.44. The predicted molar refractivity (Wildman–Crippen MR) is 143 cm³/mol. The number of carbonyl (C=O) groups is 1. The first-order valence-electron chi connectivity index (χ1n) is 12.0. The predicted octanol–water partition coefficient (Wildman–Crippen LogP) is 5.69. The van der Waals surface area contributed by atoms with Gasteiger partial charge in [-0.05, 0) is 61.2 Å². The van der Waals surface area contributed by atoms with Crippen molar-refractivity contribution in [1.82, 2.24) is 4.98 Å². The van der Waals surface area contributed by atoms with Gasteiger partial charge in [0.25, 0.3) is 0 Å². The highest BCUT2D eigenvalue weighted by Gasteiger charge is 2.31. The highest BCUT2D eigenvalue weighted by molar-refractivity contribution is 7.91. The van der Waals surface area contributed by atoms with Crippen LogP contribution < -0.4 is 4.90 Å². The van der Waals surface area contributed by atoms with Gasteiger partial charge in [0.05, 0.1) is 16.8 Å². The normalized spacial score (nSPS) is 12.5. The minimum Gasteiger partial charge on any atom is -0.480 e. The second-order valence-corrected chi connectivity index (χ2v) is 10.9. The van der Waals surface area contributed by atoms with E-state index in [-0.39, 0.29) is 11.3 Å². The maximum Gasteiger partial charge on any atom is 0.326 e. The van der Waals surface area contributed by atoms with Crippen molar-refractivity contribution in [1.29, 1.82) is 0 Å². The highest BCUT2D eigenvalue weighted by Crippen LogP contribution is 2.31. The van der Waals surface area contributed by atoms with Crippen molar-refractivity contribution >= 4 is 43.4 Å². The smallest absolute Gasteiger partial charge is 0.326 e. The van der Waals surface area contributed by atoms with Gasteiger partial charge in [-0.25, -0.2) is 13.2 Å². The molecule has 0 saturated carbocycles. The number of anilines is 1. The number of rotatable bonds is 10. The maximum absolute atomic E-state index is 13.7. The largest absolute Gasteiger partial charge is 0.480 e. The zero-order valence-electron chi connectivity index (χ0n) is 20.0. The average molecular weight is 515 g/mol. The van der Waals surface area contributed by atoms with Gasteiger partial charge < -0.3 is 14.4 Å². The number of para-hydroxylation sites is 1. The first-order chi connectivity index (χ1) is 17.9. The Labute approximate surface area is 214 Å². The lowest BCUT2D eigenvalue weighted by molar-refractivity contribution is -0.138. The molecule has 188 valence electrons. The van der Waals surface area contributed by atoms with Crippen LogP contribution in [-0.4, -0.2) is 36.4 Å². The number of fused-ring (bicyclic) bond motifs is 3. The molecule has 1 atom stereocenters. The molecule has 8 heteroatoms. The van der Waals surface area contributed by atoms with Crippen LogP contribution in [0.1, 0.15) is 18.4 Å². The van der Waals surface area contributed by atoms with E-state index in [1.54, 1.807) is 30.5 Å². The molecule has 0 fully saturated rings. The average Bonchev–Trinajstić information content (AvgIpc) is 3.29. The van der Waals surface area contributed by atoms with Crippen LogP contribution in [0.4, 0.5) is 5.69 Å². The molecule has 0 amide bonds. The molecule has 1 N–H and O–H groups in total. The summed E-state index contributed by atoms with van der Waals surface area (Å²) in [7, 11) is -3.91. The van der Waals surface area contributed by atoms with E-state index in [1.807, 2.05) is 54.6 Å². The first kappa shape index (κ1) is 24.5. The van der Waals surface area contributed by atoms with Crippen molar-refractivity contribution in [3.05, 3.63) is 103 Å². The second kappa shape index (κ2) is 10.4. The zero-order chi connectivity index (χ0) is 25.8. The Morgan fingerprint density at radius 2 is 1.68 bits per heavy atom. The number of hydrogen-bond acceptors (Lipinski definition) is 6. The lowest BCUT2D eigenvalue weighted by Gasteiger charge is -2.30. The number of benzene rings is 3. The molecule has 2 heterocycles. The molecule has 7 nitrogen and oxygen atoms in total. The SMILES string of the molecule is O=C(O)C(CCCc1ccccc1)N(CS(=O)(=O)c1ccc2oc3ccccc3c2c1)c1cccnc1. The van der Waals surface area contributed by atoms with Crippen LogP contribution in [0.3, 0.4) is 0 Å². The first-order valence-corrected chi connectivity index (χ1v) is 13.6. The Balaban J connectivity index is 1.46. The van der Waals surface area contributed by atoms with E-state index in [0.29, 0.717) is 35.1 Å². The molecular weight excluding hydrogens is 488 g/mol. The fourth-order valence-electron chi connectivity index (χ4n) is 4.58. The molecule has 5 aromatic rings. The molecule has 5 rings (SSSR count). The number of carboxylic acids is 1. The molecule has 0 spiro atoms. The number of nitrogens with zero attached hydrogens (tertiary/aromatic N) is 2. The summed E-state index contributed by atoms with van der Waals surface area (Å²) >= 11 is 0. The van der Waals surface area contributed by atoms with E-state index >= 15 is 0 Å². The van der Waals surface area contributed by atoms with E-state index in [9.17, 15) is 18.3 Å². The summed E-state index contributed by atoms with van der Waals surface area (Å²) in [6.45, 7) is 0. The standard InChI is InChI=1S/C29H26N2O5S/c32-29(33)26(13-6-10-21-8-2-1-3-9-21)31(22-11-7-17-30-19-22)20-37(34,35)23-15-16-28-25(18-23)24-12-4-5-14-27(24)36-28/h1-5,7-9,11-12,14-19,26H,6,10,13,20H2,(H,32,33). The third kappa shape index (κ3) is 5.34. The summed E-state index contributed by atoms with van der Waals surface area (Å²) in [6, 6.07) is 24.3. The number of sulfone groups is 1. The summed E-state index contributed by atoms with van der Waals surface area (Å²) in [5.74, 6) is -1.58. The summed E-state index contributed by atoms with van der Waals surface area (Å²) in [5.41, 5.74) is 2.81. The van der Waals surface area contributed by atoms with E-state index in [0.717, 1.165) is 10.9 Å². The van der Waals surface area contributed by atoms with Gasteiger partial charge in [-0.2, -0.15) is 0 Å². The summed E-state index contributed by atoms with van der Waals surface area (Å²) in [4.78, 5) is 18.0. The minimum atomic E-state index is -3.91. The van der Waals surface area contributed by atoms with Crippen LogP contribution in [-0.2, 0) is 21.1 Å². The highest BCUT2D eigenvalue weighted by atomic mass is 32.2. The molecule has 1 unspecified atom stereocenters. The van der Waals surface area contributed by atoms with E-state index < -0.39 is 27.7 Å². The number of aliphatic carboxylic acids is 1. The van der Waals surface area contributed by atoms with Gasteiger partial charge in [-0.15, -0.1) is 0 Å². The Morgan fingerprint density at radius 3 is 2.43 bits per heavy atom. The van der Waals surface area contributed by atoms with Crippen LogP contribution in [0.25, 0.3) is 21.9 Å². The topological polar surface area (TPSA) is 101 Å². The quantitative estimate of drug-likeness (QED) is 0.255. The van der Waals surface area contributed by atoms with E-state index in [4.69, 9.17) is 4.42 Å². The lowest BCUT2D eigenvalue weighted by atomic mass is 10.0. The van der Waals surface area contributed by atoms with Gasteiger partial charge in [0.2, 0.25) is 0 Å². The van der Waals surface area contributed by atoms with Crippen molar-refractivity contribution in [3.8, 4) is 0 Å². The van der Waals surface area contributed by atoms with Gasteiger partial charge in [0, 0.05) is 17.0 Å². The fraction of sp³-hybridized carbons (Fsp3) is 0.172. The van der Waals surface area contributed by atoms with Gasteiger partial charge in [0.1, 0.15) is 23.1 Å². The summed E-state index contributed by atoms with van der Waals surface area (Å²) < 4.78 is 33.1. The number of aromatic nitrogens is 1. The third-order valence-corrected chi connectivity index (χ3v) is 8.03. The molecule has 0 aliphatic rings. The molecule has 0 aliphatic carbocycles. The molecule has 0 saturated heterocycles. The zero-order valence-corrected chi connectivity index (χ0v) is 20.8. The van der Waals surface area contributed by atoms with Gasteiger partial charge in [0.15, 0.2) is 9.84 Å². The lowest BCUT2D eigenvalue weighted by Crippen LogP contribution is -2.44. The Hall–Kier alpha value is -4.17. The van der Waals surface area contributed by atoms with Crippen LogP contribution >= 0.6 is 0 Å². The Bertz CT molecular complexity index is 1630. The maximum atomic E-state index is 13.7. The molecule has 0 bridgehead atoms. The number of furan rings is 1. The molecule has 0 aliphatic heterocycles. The van der Waals surface area contributed by atoms with Gasteiger partial charge >= 0.3 is 5.97 Å². The minimum absolute atomic E-state index is 0.105. The van der Waals surface area contributed by atoms with Crippen molar-refractivity contribution < 1.29 is 22.7 Å². The molecule has 2 aromatic heterocycles. The van der Waals surface area contributed by atoms with Crippen LogP contribution in [0.2, 0.25) is 0 Å². The van der Waals surface area contributed by atoms with Crippen molar-refractivity contribution in [2.75, 3.05) is 10.8 Å². The second-order valence-electron chi connectivity index (χ2n) is 8.91. The Morgan fingerprint density at radius 1 is 0.919 bits per heavy atom. The van der Waals surface area contributed by atoms with Crippen molar-refractivity contribution in [3.63, 3.8) is 0 Å². The summed E-state index contributed by atoms with van der Waals surface area (Å²) in [6.07, 6.45) is 4.63. The molecular formula is C29H26N2O5S. The number of pyridine rings is 1. The van der Waals surface area contributed by atoms with Crippen molar-refractivity contribution in [2.24, 2.45) is 0 Å². The summed E-state index contributed by atoms with van der Waals surface area (Å²) in [5, 5.41) is 11.7. The van der Waals surface area contributed by atoms with Crippen LogP contribution in [0.5, 0.6) is 0 Å². The van der Waals surface area contributed by atoms with E-state index in [2.05, 4.69) is 4.98 Å². The number of aryl methyl sites for hydroxylation is 1. The monoisotopic (exact) mass is 514 g/mol.